The molecule has 0 spiro atoms. The fraction of sp³-hybridized carbons (Fsp3) is 0.636. The molecule has 1 amide bonds. The van der Waals surface area contributed by atoms with E-state index in [9.17, 15) is 9.59 Å². The highest BCUT2D eigenvalue weighted by Gasteiger charge is 2.07. The second kappa shape index (κ2) is 7.24. The molecule has 0 atom stereocenters. The van der Waals surface area contributed by atoms with Crippen LogP contribution in [0.1, 0.15) is 32.4 Å². The van der Waals surface area contributed by atoms with E-state index in [1.54, 1.807) is 5.38 Å². The summed E-state index contributed by atoms with van der Waals surface area (Å²) in [6.07, 6.45) is 1.89. The maximum Gasteiger partial charge on any atom is 0.304 e. The lowest BCUT2D eigenvalue weighted by Crippen LogP contribution is -2.39. The summed E-state index contributed by atoms with van der Waals surface area (Å²) in [4.78, 5) is 25.0. The molecule has 5 nitrogen and oxygen atoms in total. The average Bonchev–Trinajstić information content (AvgIpc) is 2.72. The number of carbonyl (C=O) groups is 1. The zero-order chi connectivity index (χ0) is 12.7. The van der Waals surface area contributed by atoms with E-state index in [-0.39, 0.29) is 23.4 Å². The SMILES string of the molecule is CCC(CC)NC(=O)CNCc1csc(=O)[nH]1. The molecule has 1 heterocycles. The highest BCUT2D eigenvalue weighted by molar-refractivity contribution is 7.07. The monoisotopic (exact) mass is 257 g/mol. The van der Waals surface area contributed by atoms with E-state index >= 15 is 0 Å². The summed E-state index contributed by atoms with van der Waals surface area (Å²) in [5.41, 5.74) is 0.815. The molecule has 0 bridgehead atoms. The molecule has 0 fully saturated rings. The Hall–Kier alpha value is -1.14. The summed E-state index contributed by atoms with van der Waals surface area (Å²) < 4.78 is 0. The van der Waals surface area contributed by atoms with Crippen LogP contribution < -0.4 is 15.5 Å². The Labute approximate surface area is 105 Å². The third kappa shape index (κ3) is 5.14. The van der Waals surface area contributed by atoms with E-state index in [4.69, 9.17) is 0 Å². The Balaban J connectivity index is 2.22. The number of thiazole rings is 1. The molecule has 0 aliphatic rings. The Bertz CT molecular complexity index is 395. The zero-order valence-electron chi connectivity index (χ0n) is 10.2. The topological polar surface area (TPSA) is 74.0 Å². The summed E-state index contributed by atoms with van der Waals surface area (Å²) in [6, 6.07) is 0.255. The van der Waals surface area contributed by atoms with E-state index in [0.717, 1.165) is 29.9 Å². The third-order valence-corrected chi connectivity index (χ3v) is 3.24. The van der Waals surface area contributed by atoms with Gasteiger partial charge in [0.2, 0.25) is 5.91 Å². The van der Waals surface area contributed by atoms with Gasteiger partial charge in [0.25, 0.3) is 0 Å². The lowest BCUT2D eigenvalue weighted by atomic mass is 10.2. The molecule has 0 aliphatic carbocycles. The molecular formula is C11H19N3O2S. The maximum atomic E-state index is 11.5. The first-order valence-corrected chi connectivity index (χ1v) is 6.70. The quantitative estimate of drug-likeness (QED) is 0.677. The number of hydrogen-bond donors (Lipinski definition) is 3. The van der Waals surface area contributed by atoms with E-state index in [0.29, 0.717) is 6.54 Å². The molecule has 0 unspecified atom stereocenters. The van der Waals surface area contributed by atoms with Crippen LogP contribution in [-0.2, 0) is 11.3 Å². The Morgan fingerprint density at radius 2 is 2.18 bits per heavy atom. The van der Waals surface area contributed by atoms with Gasteiger partial charge in [0.15, 0.2) is 0 Å². The van der Waals surface area contributed by atoms with Gasteiger partial charge in [0.1, 0.15) is 0 Å². The van der Waals surface area contributed by atoms with Crippen molar-refractivity contribution in [2.45, 2.75) is 39.3 Å². The van der Waals surface area contributed by atoms with Gasteiger partial charge < -0.3 is 15.6 Å². The molecule has 0 aromatic carbocycles. The number of nitrogens with one attached hydrogen (secondary N) is 3. The number of aromatic amines is 1. The highest BCUT2D eigenvalue weighted by Crippen LogP contribution is 1.96. The van der Waals surface area contributed by atoms with Gasteiger partial charge in [-0.2, -0.15) is 0 Å². The van der Waals surface area contributed by atoms with Crippen LogP contribution in [0, 0.1) is 0 Å². The molecule has 1 aromatic rings. The van der Waals surface area contributed by atoms with Gasteiger partial charge >= 0.3 is 4.87 Å². The van der Waals surface area contributed by atoms with Crippen LogP contribution in [-0.4, -0.2) is 23.5 Å². The van der Waals surface area contributed by atoms with Crippen LogP contribution in [0.5, 0.6) is 0 Å². The number of hydrogen-bond acceptors (Lipinski definition) is 4. The van der Waals surface area contributed by atoms with Gasteiger partial charge in [0.05, 0.1) is 6.54 Å². The summed E-state index contributed by atoms with van der Waals surface area (Å²) >= 11 is 1.13. The fourth-order valence-electron chi connectivity index (χ4n) is 1.48. The van der Waals surface area contributed by atoms with Crippen molar-refractivity contribution in [3.05, 3.63) is 20.7 Å². The van der Waals surface area contributed by atoms with E-state index < -0.39 is 0 Å². The minimum atomic E-state index is -0.0664. The smallest absolute Gasteiger partial charge is 0.304 e. The molecule has 0 radical (unpaired) electrons. The first kappa shape index (κ1) is 13.9. The first-order chi connectivity index (χ1) is 8.15. The van der Waals surface area contributed by atoms with Gasteiger partial charge in [0, 0.05) is 23.7 Å². The Morgan fingerprint density at radius 1 is 1.47 bits per heavy atom. The lowest BCUT2D eigenvalue weighted by molar-refractivity contribution is -0.121. The minimum absolute atomic E-state index is 0.00345. The normalized spacial score (nSPS) is 10.8. The standard InChI is InChI=1S/C11H19N3O2S/c1-3-8(4-2)13-10(15)6-12-5-9-7-17-11(16)14-9/h7-8,12H,3-6H2,1-2H3,(H,13,15)(H,14,16). The van der Waals surface area contributed by atoms with Gasteiger partial charge in [-0.1, -0.05) is 25.2 Å². The van der Waals surface area contributed by atoms with Crippen molar-refractivity contribution in [2.75, 3.05) is 6.54 Å². The van der Waals surface area contributed by atoms with Crippen LogP contribution in [0.3, 0.4) is 0 Å². The van der Waals surface area contributed by atoms with Crippen molar-refractivity contribution < 1.29 is 4.79 Å². The molecular weight excluding hydrogens is 238 g/mol. The number of rotatable bonds is 7. The number of carbonyl (C=O) groups excluding carboxylic acids is 1. The molecule has 3 N–H and O–H groups in total. The van der Waals surface area contributed by atoms with Crippen molar-refractivity contribution in [3.63, 3.8) is 0 Å². The summed E-state index contributed by atoms with van der Waals surface area (Å²) in [7, 11) is 0. The predicted octanol–water partition coefficient (Wildman–Crippen LogP) is 0.831. The molecule has 6 heteroatoms. The Kier molecular flexibility index (Phi) is 5.93. The maximum absolute atomic E-state index is 11.5. The van der Waals surface area contributed by atoms with Crippen LogP contribution in [0.4, 0.5) is 0 Å². The van der Waals surface area contributed by atoms with E-state index in [2.05, 4.69) is 29.5 Å². The van der Waals surface area contributed by atoms with Gasteiger partial charge in [-0.25, -0.2) is 0 Å². The van der Waals surface area contributed by atoms with Gasteiger partial charge in [-0.05, 0) is 12.8 Å². The van der Waals surface area contributed by atoms with Gasteiger partial charge in [-0.15, -0.1) is 0 Å². The minimum Gasteiger partial charge on any atom is -0.352 e. The number of H-pyrrole nitrogens is 1. The van der Waals surface area contributed by atoms with Crippen LogP contribution >= 0.6 is 11.3 Å². The van der Waals surface area contributed by atoms with E-state index in [1.165, 1.54) is 0 Å². The third-order valence-electron chi connectivity index (χ3n) is 2.52. The lowest BCUT2D eigenvalue weighted by Gasteiger charge is -2.14. The molecule has 0 aliphatic heterocycles. The molecule has 1 rings (SSSR count). The molecule has 96 valence electrons. The average molecular weight is 257 g/mol. The van der Waals surface area contributed by atoms with E-state index in [1.807, 2.05) is 0 Å². The molecule has 17 heavy (non-hydrogen) atoms. The Morgan fingerprint density at radius 3 is 2.71 bits per heavy atom. The van der Waals surface area contributed by atoms with Crippen molar-refractivity contribution in [3.8, 4) is 0 Å². The second-order valence-electron chi connectivity index (χ2n) is 3.86. The largest absolute Gasteiger partial charge is 0.352 e. The predicted molar refractivity (Wildman–Crippen MR) is 69.2 cm³/mol. The molecule has 0 saturated carbocycles. The fourth-order valence-corrected chi connectivity index (χ4v) is 2.06. The van der Waals surface area contributed by atoms with Crippen molar-refractivity contribution in [1.82, 2.24) is 15.6 Å². The van der Waals surface area contributed by atoms with Crippen molar-refractivity contribution in [1.29, 1.82) is 0 Å². The molecule has 1 aromatic heterocycles. The van der Waals surface area contributed by atoms with Gasteiger partial charge in [-0.3, -0.25) is 9.59 Å². The van der Waals surface area contributed by atoms with Crippen LogP contribution in [0.25, 0.3) is 0 Å². The van der Waals surface area contributed by atoms with Crippen LogP contribution in [0.15, 0.2) is 10.2 Å². The molecule has 0 saturated heterocycles. The number of aromatic nitrogens is 1. The number of amides is 1. The summed E-state index contributed by atoms with van der Waals surface area (Å²) in [6.45, 7) is 4.89. The van der Waals surface area contributed by atoms with Crippen molar-refractivity contribution >= 4 is 17.2 Å². The van der Waals surface area contributed by atoms with Crippen LogP contribution in [0.2, 0.25) is 0 Å². The van der Waals surface area contributed by atoms with Crippen molar-refractivity contribution in [2.24, 2.45) is 0 Å². The second-order valence-corrected chi connectivity index (χ2v) is 4.70. The zero-order valence-corrected chi connectivity index (χ0v) is 11.0. The highest BCUT2D eigenvalue weighted by atomic mass is 32.1. The first-order valence-electron chi connectivity index (χ1n) is 5.82. The summed E-state index contributed by atoms with van der Waals surface area (Å²) in [5, 5.41) is 7.69. The summed E-state index contributed by atoms with van der Waals surface area (Å²) in [5.74, 6) is -0.00345.